The molecule has 0 radical (unpaired) electrons. The van der Waals surface area contributed by atoms with E-state index in [9.17, 15) is 14.7 Å². The van der Waals surface area contributed by atoms with E-state index in [-0.39, 0.29) is 36.3 Å². The van der Waals surface area contributed by atoms with Crippen LogP contribution in [0.1, 0.15) is 29.6 Å². The molecule has 0 bridgehead atoms. The van der Waals surface area contributed by atoms with Gasteiger partial charge in [0.25, 0.3) is 5.56 Å². The number of ether oxygens (including phenoxy) is 2. The maximum absolute atomic E-state index is 11.5. The zero-order valence-electron chi connectivity index (χ0n) is 11.5. The van der Waals surface area contributed by atoms with Crippen LogP contribution in [-0.2, 0) is 16.0 Å². The maximum Gasteiger partial charge on any atom is 1.00 e. The normalized spacial score (nSPS) is 18.3. The summed E-state index contributed by atoms with van der Waals surface area (Å²) in [5.74, 6) is -1.30. The number of hydrogen-bond donors (Lipinski definition) is 0. The summed E-state index contributed by atoms with van der Waals surface area (Å²) in [4.78, 5) is 22.2. The molecule has 7 heteroatoms. The molecule has 1 aliphatic rings. The molecule has 0 spiro atoms. The molecular weight excluding hydrogens is 257 g/mol. The summed E-state index contributed by atoms with van der Waals surface area (Å²) in [6, 6.07) is 2.45. The third-order valence-electron chi connectivity index (χ3n) is 2.99. The summed E-state index contributed by atoms with van der Waals surface area (Å²) in [6.07, 6.45) is 4.03. The van der Waals surface area contributed by atoms with Gasteiger partial charge in [0.2, 0.25) is 0 Å². The molecule has 0 N–H and O–H groups in total. The van der Waals surface area contributed by atoms with Gasteiger partial charge in [-0.25, -0.2) is 0 Å². The standard InChI is InChI=1S/C13H17NO5.Li/c15-11-5-4-10(13(16)17)9-14(11)6-8-19-12-3-1-2-7-18-12;/h4-5,9,12H,1-3,6-8H2,(H,16,17);/q;+1/p-1. The Morgan fingerprint density at radius 3 is 2.90 bits per heavy atom. The molecule has 1 fully saturated rings. The van der Waals surface area contributed by atoms with E-state index in [1.165, 1.54) is 22.9 Å². The van der Waals surface area contributed by atoms with Crippen LogP contribution in [-0.4, -0.2) is 30.0 Å². The van der Waals surface area contributed by atoms with Gasteiger partial charge in [-0.3, -0.25) is 4.79 Å². The van der Waals surface area contributed by atoms with Crippen molar-refractivity contribution in [3.8, 4) is 0 Å². The molecule has 2 heterocycles. The van der Waals surface area contributed by atoms with Crippen LogP contribution >= 0.6 is 0 Å². The van der Waals surface area contributed by atoms with Crippen molar-refractivity contribution < 1.29 is 38.2 Å². The molecule has 1 aromatic rings. The summed E-state index contributed by atoms with van der Waals surface area (Å²) in [5, 5.41) is 10.7. The minimum atomic E-state index is -1.30. The van der Waals surface area contributed by atoms with E-state index in [0.29, 0.717) is 19.8 Å². The van der Waals surface area contributed by atoms with E-state index in [4.69, 9.17) is 9.47 Å². The van der Waals surface area contributed by atoms with Gasteiger partial charge >= 0.3 is 18.9 Å². The van der Waals surface area contributed by atoms with Gasteiger partial charge in [-0.2, -0.15) is 0 Å². The second kappa shape index (κ2) is 8.27. The third kappa shape index (κ3) is 4.80. The predicted octanol–water partition coefficient (Wildman–Crippen LogP) is -3.24. The largest absolute Gasteiger partial charge is 1.00 e. The molecule has 1 aromatic heterocycles. The van der Waals surface area contributed by atoms with Crippen LogP contribution in [0.25, 0.3) is 0 Å². The summed E-state index contributed by atoms with van der Waals surface area (Å²) < 4.78 is 12.2. The molecule has 2 rings (SSSR count). The Labute approximate surface area is 128 Å². The molecule has 0 saturated carbocycles. The fourth-order valence-electron chi connectivity index (χ4n) is 1.95. The predicted molar refractivity (Wildman–Crippen MR) is 64.6 cm³/mol. The average molecular weight is 273 g/mol. The number of carbonyl (C=O) groups is 1. The molecule has 1 saturated heterocycles. The number of carboxylic acid groups (broad SMARTS) is 1. The van der Waals surface area contributed by atoms with Crippen molar-refractivity contribution in [2.24, 2.45) is 0 Å². The zero-order chi connectivity index (χ0) is 13.7. The molecule has 1 atom stereocenters. The number of carboxylic acids is 1. The maximum atomic E-state index is 11.5. The van der Waals surface area contributed by atoms with Crippen molar-refractivity contribution >= 4 is 5.97 Å². The molecule has 0 aromatic carbocycles. The second-order valence-corrected chi connectivity index (χ2v) is 4.40. The Morgan fingerprint density at radius 2 is 2.25 bits per heavy atom. The molecule has 20 heavy (non-hydrogen) atoms. The summed E-state index contributed by atoms with van der Waals surface area (Å²) in [7, 11) is 0. The van der Waals surface area contributed by atoms with Gasteiger partial charge < -0.3 is 23.9 Å². The number of pyridine rings is 1. The van der Waals surface area contributed by atoms with E-state index in [2.05, 4.69) is 0 Å². The number of nitrogens with zero attached hydrogens (tertiary/aromatic N) is 1. The molecule has 1 aliphatic heterocycles. The third-order valence-corrected chi connectivity index (χ3v) is 2.99. The minimum absolute atomic E-state index is 0. The van der Waals surface area contributed by atoms with Gasteiger partial charge in [-0.1, -0.05) is 0 Å². The molecular formula is C13H16LiNO5. The van der Waals surface area contributed by atoms with Crippen LogP contribution in [0, 0.1) is 0 Å². The first kappa shape index (κ1) is 17.0. The van der Waals surface area contributed by atoms with Gasteiger partial charge in [-0.05, 0) is 25.3 Å². The Balaban J connectivity index is 0.00000200. The van der Waals surface area contributed by atoms with Gasteiger partial charge in [0.05, 0.1) is 12.6 Å². The van der Waals surface area contributed by atoms with E-state index in [0.717, 1.165) is 19.3 Å². The SMILES string of the molecule is O=C([O-])c1ccc(=O)n(CCOC2CCCCO2)c1.[Li+]. The van der Waals surface area contributed by atoms with Gasteiger partial charge in [0.15, 0.2) is 6.29 Å². The smallest absolute Gasteiger partial charge is 0.545 e. The zero-order valence-corrected chi connectivity index (χ0v) is 11.5. The van der Waals surface area contributed by atoms with Crippen LogP contribution in [0.2, 0.25) is 0 Å². The van der Waals surface area contributed by atoms with Gasteiger partial charge in [0.1, 0.15) is 0 Å². The fraction of sp³-hybridized carbons (Fsp3) is 0.538. The first-order valence-electron chi connectivity index (χ1n) is 6.32. The van der Waals surface area contributed by atoms with Crippen molar-refractivity contribution in [2.75, 3.05) is 13.2 Å². The second-order valence-electron chi connectivity index (χ2n) is 4.40. The quantitative estimate of drug-likeness (QED) is 0.527. The van der Waals surface area contributed by atoms with Crippen LogP contribution in [0.5, 0.6) is 0 Å². The summed E-state index contributed by atoms with van der Waals surface area (Å²) >= 11 is 0. The van der Waals surface area contributed by atoms with E-state index < -0.39 is 5.97 Å². The van der Waals surface area contributed by atoms with Crippen LogP contribution < -0.4 is 29.5 Å². The molecule has 6 nitrogen and oxygen atoms in total. The van der Waals surface area contributed by atoms with E-state index in [1.54, 1.807) is 0 Å². The minimum Gasteiger partial charge on any atom is -0.545 e. The molecule has 104 valence electrons. The first-order chi connectivity index (χ1) is 9.16. The molecule has 1 unspecified atom stereocenters. The van der Waals surface area contributed by atoms with Crippen molar-refractivity contribution in [1.29, 1.82) is 0 Å². The number of carbonyl (C=O) groups excluding carboxylic acids is 1. The number of rotatable bonds is 5. The Kier molecular flexibility index (Phi) is 7.03. The first-order valence-corrected chi connectivity index (χ1v) is 6.32. The van der Waals surface area contributed by atoms with Crippen molar-refractivity contribution in [3.63, 3.8) is 0 Å². The van der Waals surface area contributed by atoms with Crippen molar-refractivity contribution in [2.45, 2.75) is 32.1 Å². The van der Waals surface area contributed by atoms with E-state index in [1.807, 2.05) is 0 Å². The Morgan fingerprint density at radius 1 is 1.45 bits per heavy atom. The fourth-order valence-corrected chi connectivity index (χ4v) is 1.95. The van der Waals surface area contributed by atoms with Crippen molar-refractivity contribution in [3.05, 3.63) is 34.2 Å². The summed E-state index contributed by atoms with van der Waals surface area (Å²) in [6.45, 7) is 1.30. The average Bonchev–Trinajstić information content (AvgIpc) is 2.42. The van der Waals surface area contributed by atoms with Crippen molar-refractivity contribution in [1.82, 2.24) is 4.57 Å². The number of aromatic nitrogens is 1. The monoisotopic (exact) mass is 273 g/mol. The summed E-state index contributed by atoms with van der Waals surface area (Å²) in [5.41, 5.74) is -0.285. The van der Waals surface area contributed by atoms with Crippen LogP contribution in [0.15, 0.2) is 23.1 Å². The molecule has 0 amide bonds. The van der Waals surface area contributed by atoms with E-state index >= 15 is 0 Å². The Bertz CT molecular complexity index is 496. The topological polar surface area (TPSA) is 80.6 Å². The van der Waals surface area contributed by atoms with Crippen LogP contribution in [0.3, 0.4) is 0 Å². The molecule has 0 aliphatic carbocycles. The van der Waals surface area contributed by atoms with Crippen LogP contribution in [0.4, 0.5) is 0 Å². The van der Waals surface area contributed by atoms with Gasteiger partial charge in [0, 0.05) is 31.0 Å². The van der Waals surface area contributed by atoms with Gasteiger partial charge in [-0.15, -0.1) is 0 Å². The Hall–Kier alpha value is -1.06. The number of aromatic carboxylic acids is 1. The number of hydrogen-bond acceptors (Lipinski definition) is 5.